The zero-order valence-corrected chi connectivity index (χ0v) is 15.4. The van der Waals surface area contributed by atoms with Crippen molar-refractivity contribution < 1.29 is 17.9 Å². The first kappa shape index (κ1) is 18.6. The molecule has 2 aromatic carbocycles. The summed E-state index contributed by atoms with van der Waals surface area (Å²) in [5.74, 6) is -0.198. The van der Waals surface area contributed by atoms with Crippen LogP contribution in [-0.4, -0.2) is 33.6 Å². The van der Waals surface area contributed by atoms with Crippen LogP contribution in [0.1, 0.15) is 34.3 Å². The molecule has 0 bridgehead atoms. The van der Waals surface area contributed by atoms with Crippen molar-refractivity contribution in [1.29, 1.82) is 0 Å². The Balaban J connectivity index is 1.55. The molecule has 1 N–H and O–H groups in total. The Hall–Kier alpha value is -2.18. The van der Waals surface area contributed by atoms with Crippen molar-refractivity contribution in [2.75, 3.05) is 13.2 Å². The van der Waals surface area contributed by atoms with E-state index in [0.29, 0.717) is 17.7 Å². The van der Waals surface area contributed by atoms with E-state index in [1.165, 1.54) is 0 Å². The highest BCUT2D eigenvalue weighted by Crippen LogP contribution is 2.14. The van der Waals surface area contributed by atoms with E-state index in [2.05, 4.69) is 5.32 Å². The van der Waals surface area contributed by atoms with Gasteiger partial charge in [-0.2, -0.15) is 0 Å². The number of hydrogen-bond donors (Lipinski definition) is 1. The number of sulfone groups is 1. The minimum atomic E-state index is -3.26. The molecule has 1 atom stereocenters. The fourth-order valence-corrected chi connectivity index (χ4v) is 4.50. The van der Waals surface area contributed by atoms with Crippen molar-refractivity contribution in [1.82, 2.24) is 5.32 Å². The maximum Gasteiger partial charge on any atom is 0.251 e. The SMILES string of the molecule is O=C(NCC1CCCO1)c1ccc(CS(=O)(=O)Cc2ccccc2)cc1. The zero-order valence-electron chi connectivity index (χ0n) is 14.6. The van der Waals surface area contributed by atoms with Gasteiger partial charge >= 0.3 is 0 Å². The lowest BCUT2D eigenvalue weighted by atomic mass is 10.1. The average Bonchev–Trinajstić information content (AvgIpc) is 3.14. The maximum absolute atomic E-state index is 12.3. The molecule has 26 heavy (non-hydrogen) atoms. The van der Waals surface area contributed by atoms with Crippen LogP contribution in [0.3, 0.4) is 0 Å². The summed E-state index contributed by atoms with van der Waals surface area (Å²) in [4.78, 5) is 12.2. The van der Waals surface area contributed by atoms with Crippen molar-refractivity contribution in [2.24, 2.45) is 0 Å². The lowest BCUT2D eigenvalue weighted by Crippen LogP contribution is -2.31. The van der Waals surface area contributed by atoms with Gasteiger partial charge in [0, 0.05) is 18.7 Å². The van der Waals surface area contributed by atoms with E-state index in [1.54, 1.807) is 36.4 Å². The lowest BCUT2D eigenvalue weighted by molar-refractivity contribution is 0.0858. The van der Waals surface area contributed by atoms with Gasteiger partial charge in [-0.15, -0.1) is 0 Å². The molecule has 1 aliphatic rings. The van der Waals surface area contributed by atoms with E-state index in [0.717, 1.165) is 25.0 Å². The van der Waals surface area contributed by atoms with Gasteiger partial charge in [-0.05, 0) is 36.1 Å². The predicted molar refractivity (Wildman–Crippen MR) is 101 cm³/mol. The molecule has 1 amide bonds. The van der Waals surface area contributed by atoms with E-state index in [1.807, 2.05) is 18.2 Å². The molecule has 6 heteroatoms. The van der Waals surface area contributed by atoms with Crippen molar-refractivity contribution in [3.05, 3.63) is 71.3 Å². The third-order valence-corrected chi connectivity index (χ3v) is 5.89. The molecule has 5 nitrogen and oxygen atoms in total. The third-order valence-electron chi connectivity index (χ3n) is 4.35. The molecular weight excluding hydrogens is 350 g/mol. The van der Waals surface area contributed by atoms with Gasteiger partial charge in [-0.25, -0.2) is 8.42 Å². The number of carbonyl (C=O) groups excluding carboxylic acids is 1. The second-order valence-corrected chi connectivity index (χ2v) is 8.62. The van der Waals surface area contributed by atoms with E-state index in [4.69, 9.17) is 4.74 Å². The number of benzene rings is 2. The van der Waals surface area contributed by atoms with Gasteiger partial charge in [-0.3, -0.25) is 4.79 Å². The molecule has 0 saturated carbocycles. The predicted octanol–water partition coefficient (Wildman–Crippen LogP) is 2.71. The molecule has 1 heterocycles. The fourth-order valence-electron chi connectivity index (χ4n) is 3.00. The summed E-state index contributed by atoms with van der Waals surface area (Å²) in [5.41, 5.74) is 1.97. The fraction of sp³-hybridized carbons (Fsp3) is 0.350. The number of nitrogens with one attached hydrogen (secondary N) is 1. The summed E-state index contributed by atoms with van der Waals surface area (Å²) < 4.78 is 30.2. The van der Waals surface area contributed by atoms with Crippen LogP contribution in [0.5, 0.6) is 0 Å². The van der Waals surface area contributed by atoms with Gasteiger partial charge in [0.1, 0.15) is 0 Å². The molecule has 2 aromatic rings. The summed E-state index contributed by atoms with van der Waals surface area (Å²) in [5, 5.41) is 2.86. The van der Waals surface area contributed by atoms with Crippen molar-refractivity contribution in [2.45, 2.75) is 30.5 Å². The molecule has 0 radical (unpaired) electrons. The normalized spacial score (nSPS) is 17.2. The van der Waals surface area contributed by atoms with E-state index in [-0.39, 0.29) is 23.5 Å². The minimum absolute atomic E-state index is 0.0114. The Kier molecular flexibility index (Phi) is 6.06. The van der Waals surface area contributed by atoms with Crippen LogP contribution < -0.4 is 5.32 Å². The van der Waals surface area contributed by atoms with E-state index < -0.39 is 9.84 Å². The standard InChI is InChI=1S/C20H23NO4S/c22-20(21-13-19-7-4-12-25-19)18-10-8-17(9-11-18)15-26(23,24)14-16-5-2-1-3-6-16/h1-3,5-6,8-11,19H,4,7,12-15H2,(H,21,22). The van der Waals surface area contributed by atoms with Gasteiger partial charge in [0.05, 0.1) is 17.6 Å². The first-order chi connectivity index (χ1) is 12.5. The second kappa shape index (κ2) is 8.47. The largest absolute Gasteiger partial charge is 0.376 e. The Morgan fingerprint density at radius 3 is 2.27 bits per heavy atom. The van der Waals surface area contributed by atoms with Crippen LogP contribution >= 0.6 is 0 Å². The molecule has 3 rings (SSSR count). The number of hydrogen-bond acceptors (Lipinski definition) is 4. The number of rotatable bonds is 7. The van der Waals surface area contributed by atoms with E-state index in [9.17, 15) is 13.2 Å². The molecule has 0 spiro atoms. The first-order valence-corrected chi connectivity index (χ1v) is 10.6. The van der Waals surface area contributed by atoms with E-state index >= 15 is 0 Å². The monoisotopic (exact) mass is 373 g/mol. The molecule has 1 saturated heterocycles. The number of carbonyl (C=O) groups is 1. The van der Waals surface area contributed by atoms with Gasteiger partial charge in [0.15, 0.2) is 9.84 Å². The molecular formula is C20H23NO4S. The molecule has 1 aliphatic heterocycles. The highest BCUT2D eigenvalue weighted by atomic mass is 32.2. The smallest absolute Gasteiger partial charge is 0.251 e. The molecule has 1 fully saturated rings. The third kappa shape index (κ3) is 5.41. The highest BCUT2D eigenvalue weighted by molar-refractivity contribution is 7.89. The van der Waals surface area contributed by atoms with Crippen LogP contribution in [0, 0.1) is 0 Å². The lowest BCUT2D eigenvalue weighted by Gasteiger charge is -2.11. The van der Waals surface area contributed by atoms with Crippen LogP contribution in [0.4, 0.5) is 0 Å². The molecule has 0 aromatic heterocycles. The van der Waals surface area contributed by atoms with Crippen LogP contribution in [0.15, 0.2) is 54.6 Å². The first-order valence-electron chi connectivity index (χ1n) is 8.75. The Morgan fingerprint density at radius 1 is 1.00 bits per heavy atom. The number of amides is 1. The summed E-state index contributed by atoms with van der Waals surface area (Å²) >= 11 is 0. The summed E-state index contributed by atoms with van der Waals surface area (Å²) in [6.07, 6.45) is 2.10. The van der Waals surface area contributed by atoms with Gasteiger partial charge in [0.2, 0.25) is 0 Å². The van der Waals surface area contributed by atoms with Gasteiger partial charge < -0.3 is 10.1 Å². The van der Waals surface area contributed by atoms with Crippen LogP contribution in [-0.2, 0) is 26.1 Å². The Bertz CT molecular complexity index is 826. The Morgan fingerprint density at radius 2 is 1.65 bits per heavy atom. The second-order valence-electron chi connectivity index (χ2n) is 6.56. The van der Waals surface area contributed by atoms with Crippen molar-refractivity contribution in [3.63, 3.8) is 0 Å². The number of ether oxygens (including phenoxy) is 1. The van der Waals surface area contributed by atoms with Crippen LogP contribution in [0.2, 0.25) is 0 Å². The zero-order chi connectivity index (χ0) is 18.4. The minimum Gasteiger partial charge on any atom is -0.376 e. The molecule has 0 aliphatic carbocycles. The topological polar surface area (TPSA) is 72.5 Å². The summed E-state index contributed by atoms with van der Waals surface area (Å²) in [7, 11) is -3.26. The highest BCUT2D eigenvalue weighted by Gasteiger charge is 2.17. The van der Waals surface area contributed by atoms with Gasteiger partial charge in [-0.1, -0.05) is 42.5 Å². The Labute approximate surface area is 154 Å². The average molecular weight is 373 g/mol. The van der Waals surface area contributed by atoms with Crippen molar-refractivity contribution >= 4 is 15.7 Å². The van der Waals surface area contributed by atoms with Crippen molar-refractivity contribution in [3.8, 4) is 0 Å². The summed E-state index contributed by atoms with van der Waals surface area (Å²) in [6, 6.07) is 15.9. The van der Waals surface area contributed by atoms with Gasteiger partial charge in [0.25, 0.3) is 5.91 Å². The molecule has 138 valence electrons. The quantitative estimate of drug-likeness (QED) is 0.810. The van der Waals surface area contributed by atoms with Crippen LogP contribution in [0.25, 0.3) is 0 Å². The summed E-state index contributed by atoms with van der Waals surface area (Å²) in [6.45, 7) is 1.26. The molecule has 1 unspecified atom stereocenters. The maximum atomic E-state index is 12.3.